The van der Waals surface area contributed by atoms with E-state index in [1.807, 2.05) is 6.92 Å². The molecule has 0 atom stereocenters. The van der Waals surface area contributed by atoms with Crippen LogP contribution in [-0.2, 0) is 6.42 Å². The van der Waals surface area contributed by atoms with Gasteiger partial charge in [-0.1, -0.05) is 30.8 Å². The van der Waals surface area contributed by atoms with Crippen LogP contribution in [0.5, 0.6) is 0 Å². The standard InChI is InChI=1S/C13H13F2N3OS/c1-2-8-7-11(18-17-8)16-12(19)9-5-3-4-6-10(9)20-13(14)15/h3-7,13H,2H2,1H3,(H2,16,17,18,19). The van der Waals surface area contributed by atoms with Crippen molar-refractivity contribution < 1.29 is 13.6 Å². The van der Waals surface area contributed by atoms with Crippen molar-refractivity contribution in [1.29, 1.82) is 0 Å². The third kappa shape index (κ3) is 3.57. The quantitative estimate of drug-likeness (QED) is 0.830. The third-order valence-corrected chi connectivity index (χ3v) is 3.39. The van der Waals surface area contributed by atoms with E-state index in [-0.39, 0.29) is 10.5 Å². The number of rotatable bonds is 5. The van der Waals surface area contributed by atoms with Crippen LogP contribution < -0.4 is 5.32 Å². The van der Waals surface area contributed by atoms with Crippen LogP contribution in [0.3, 0.4) is 0 Å². The molecule has 106 valence electrons. The van der Waals surface area contributed by atoms with Crippen molar-refractivity contribution in [2.45, 2.75) is 24.0 Å². The van der Waals surface area contributed by atoms with E-state index in [4.69, 9.17) is 0 Å². The van der Waals surface area contributed by atoms with Crippen molar-refractivity contribution in [2.75, 3.05) is 5.32 Å². The summed E-state index contributed by atoms with van der Waals surface area (Å²) in [4.78, 5) is 12.3. The molecule has 0 saturated carbocycles. The minimum atomic E-state index is -2.57. The van der Waals surface area contributed by atoms with Crippen LogP contribution in [0.15, 0.2) is 35.2 Å². The first-order valence-corrected chi connectivity index (χ1v) is 6.87. The van der Waals surface area contributed by atoms with E-state index >= 15 is 0 Å². The fraction of sp³-hybridized carbons (Fsp3) is 0.231. The second-order valence-electron chi connectivity index (χ2n) is 3.96. The van der Waals surface area contributed by atoms with Gasteiger partial charge in [-0.25, -0.2) is 0 Å². The number of carbonyl (C=O) groups excluding carboxylic acids is 1. The number of H-pyrrole nitrogens is 1. The maximum atomic E-state index is 12.5. The molecule has 0 aliphatic heterocycles. The molecule has 0 fully saturated rings. The first-order chi connectivity index (χ1) is 9.60. The normalized spacial score (nSPS) is 10.8. The number of aromatic amines is 1. The molecule has 1 heterocycles. The van der Waals surface area contributed by atoms with Gasteiger partial charge in [-0.3, -0.25) is 9.89 Å². The van der Waals surface area contributed by atoms with Crippen molar-refractivity contribution in [2.24, 2.45) is 0 Å². The molecule has 7 heteroatoms. The van der Waals surface area contributed by atoms with Gasteiger partial charge in [-0.15, -0.1) is 0 Å². The van der Waals surface area contributed by atoms with Gasteiger partial charge in [-0.2, -0.15) is 13.9 Å². The Balaban J connectivity index is 2.16. The molecule has 2 rings (SSSR count). The molecular formula is C13H13F2N3OS. The molecule has 1 aromatic heterocycles. The second-order valence-corrected chi connectivity index (χ2v) is 4.99. The van der Waals surface area contributed by atoms with Crippen molar-refractivity contribution >= 4 is 23.5 Å². The van der Waals surface area contributed by atoms with E-state index in [2.05, 4.69) is 15.5 Å². The smallest absolute Gasteiger partial charge is 0.288 e. The number of nitrogens with one attached hydrogen (secondary N) is 2. The lowest BCUT2D eigenvalue weighted by atomic mass is 10.2. The highest BCUT2D eigenvalue weighted by Crippen LogP contribution is 2.28. The number of carbonyl (C=O) groups is 1. The van der Waals surface area contributed by atoms with Gasteiger partial charge in [0.1, 0.15) is 0 Å². The fourth-order valence-electron chi connectivity index (χ4n) is 1.64. The Morgan fingerprint density at radius 2 is 2.20 bits per heavy atom. The van der Waals surface area contributed by atoms with Crippen LogP contribution in [0.25, 0.3) is 0 Å². The lowest BCUT2D eigenvalue weighted by Crippen LogP contribution is -2.13. The topological polar surface area (TPSA) is 57.8 Å². The van der Waals surface area contributed by atoms with Crippen molar-refractivity contribution in [3.05, 3.63) is 41.6 Å². The first-order valence-electron chi connectivity index (χ1n) is 5.99. The largest absolute Gasteiger partial charge is 0.305 e. The Bertz CT molecular complexity index is 601. The molecule has 0 saturated heterocycles. The van der Waals surface area contributed by atoms with Gasteiger partial charge in [-0.05, 0) is 18.6 Å². The number of benzene rings is 1. The zero-order chi connectivity index (χ0) is 14.5. The average molecular weight is 297 g/mol. The highest BCUT2D eigenvalue weighted by molar-refractivity contribution is 7.99. The van der Waals surface area contributed by atoms with E-state index in [1.54, 1.807) is 18.2 Å². The summed E-state index contributed by atoms with van der Waals surface area (Å²) in [5.41, 5.74) is 1.09. The van der Waals surface area contributed by atoms with Gasteiger partial charge < -0.3 is 5.32 Å². The third-order valence-electron chi connectivity index (χ3n) is 2.60. The molecule has 0 aliphatic carbocycles. The predicted octanol–water partition coefficient (Wildman–Crippen LogP) is 3.54. The zero-order valence-corrected chi connectivity index (χ0v) is 11.5. The molecule has 20 heavy (non-hydrogen) atoms. The summed E-state index contributed by atoms with van der Waals surface area (Å²) in [7, 11) is 0. The molecule has 0 bridgehead atoms. The Morgan fingerprint density at radius 3 is 2.85 bits per heavy atom. The number of halogens is 2. The maximum Gasteiger partial charge on any atom is 0.288 e. The van der Waals surface area contributed by atoms with Crippen molar-refractivity contribution in [3.8, 4) is 0 Å². The molecule has 2 aromatic rings. The van der Waals surface area contributed by atoms with Crippen LogP contribution >= 0.6 is 11.8 Å². The highest BCUT2D eigenvalue weighted by atomic mass is 32.2. The molecule has 4 nitrogen and oxygen atoms in total. The summed E-state index contributed by atoms with van der Waals surface area (Å²) in [5.74, 6) is -2.65. The van der Waals surface area contributed by atoms with Gasteiger partial charge in [0.15, 0.2) is 5.82 Å². The lowest BCUT2D eigenvalue weighted by Gasteiger charge is -2.07. The molecule has 0 spiro atoms. The second kappa shape index (κ2) is 6.51. The van der Waals surface area contributed by atoms with Crippen LogP contribution in [0.2, 0.25) is 0 Å². The van der Waals surface area contributed by atoms with Crippen molar-refractivity contribution in [1.82, 2.24) is 10.2 Å². The fourth-order valence-corrected chi connectivity index (χ4v) is 2.28. The summed E-state index contributed by atoms with van der Waals surface area (Å²) >= 11 is 0.351. The van der Waals surface area contributed by atoms with Gasteiger partial charge in [0.25, 0.3) is 11.7 Å². The summed E-state index contributed by atoms with van der Waals surface area (Å²) in [6.45, 7) is 1.95. The Hall–Kier alpha value is -1.89. The number of thioether (sulfide) groups is 1. The molecule has 0 radical (unpaired) electrons. The van der Waals surface area contributed by atoms with E-state index in [0.29, 0.717) is 17.6 Å². The minimum Gasteiger partial charge on any atom is -0.305 e. The maximum absolute atomic E-state index is 12.5. The summed E-state index contributed by atoms with van der Waals surface area (Å²) in [6.07, 6.45) is 0.765. The number of hydrogen-bond acceptors (Lipinski definition) is 3. The Morgan fingerprint density at radius 1 is 1.45 bits per heavy atom. The van der Waals surface area contributed by atoms with Crippen LogP contribution in [0.1, 0.15) is 23.0 Å². The Kier molecular flexibility index (Phi) is 4.73. The Labute approximate surface area is 119 Å². The number of amides is 1. The minimum absolute atomic E-state index is 0.207. The molecular weight excluding hydrogens is 284 g/mol. The van der Waals surface area contributed by atoms with Crippen molar-refractivity contribution in [3.63, 3.8) is 0 Å². The number of nitrogens with zero attached hydrogens (tertiary/aromatic N) is 1. The molecule has 1 aromatic carbocycles. The summed E-state index contributed by atoms with van der Waals surface area (Å²) in [5, 5.41) is 9.29. The summed E-state index contributed by atoms with van der Waals surface area (Å²) < 4.78 is 24.9. The molecule has 1 amide bonds. The predicted molar refractivity (Wildman–Crippen MR) is 74.2 cm³/mol. The number of alkyl halides is 2. The number of anilines is 1. The monoisotopic (exact) mass is 297 g/mol. The SMILES string of the molecule is CCc1cc(NC(=O)c2ccccc2SC(F)F)n[nH]1. The average Bonchev–Trinajstić information content (AvgIpc) is 2.86. The van der Waals surface area contributed by atoms with Gasteiger partial charge >= 0.3 is 0 Å². The zero-order valence-electron chi connectivity index (χ0n) is 10.7. The van der Waals surface area contributed by atoms with E-state index in [9.17, 15) is 13.6 Å². The van der Waals surface area contributed by atoms with E-state index < -0.39 is 11.7 Å². The van der Waals surface area contributed by atoms with Gasteiger partial charge in [0.2, 0.25) is 0 Å². The molecule has 0 unspecified atom stereocenters. The first kappa shape index (κ1) is 14.5. The number of aromatic nitrogens is 2. The van der Waals surface area contributed by atoms with Gasteiger partial charge in [0.05, 0.1) is 5.56 Å². The molecule has 2 N–H and O–H groups in total. The lowest BCUT2D eigenvalue weighted by molar-refractivity contribution is 0.102. The van der Waals surface area contributed by atoms with E-state index in [0.717, 1.165) is 12.1 Å². The number of aryl methyl sites for hydroxylation is 1. The van der Waals surface area contributed by atoms with Crippen LogP contribution in [0.4, 0.5) is 14.6 Å². The summed E-state index contributed by atoms with van der Waals surface area (Å²) in [6, 6.07) is 7.96. The van der Waals surface area contributed by atoms with Crippen LogP contribution in [-0.4, -0.2) is 21.9 Å². The van der Waals surface area contributed by atoms with Crippen LogP contribution in [0, 0.1) is 0 Å². The van der Waals surface area contributed by atoms with E-state index in [1.165, 1.54) is 12.1 Å². The van der Waals surface area contributed by atoms with Gasteiger partial charge in [0, 0.05) is 16.7 Å². The highest BCUT2D eigenvalue weighted by Gasteiger charge is 2.16. The number of hydrogen-bond donors (Lipinski definition) is 2. The molecule has 0 aliphatic rings.